The lowest BCUT2D eigenvalue weighted by Crippen LogP contribution is -2.39. The first-order valence-corrected chi connectivity index (χ1v) is 18.9. The number of benzene rings is 2. The van der Waals surface area contributed by atoms with Crippen molar-refractivity contribution in [1.82, 2.24) is 4.90 Å². The number of aliphatic carboxylic acids is 1. The number of hydrogen-bond acceptors (Lipinski definition) is 9. The van der Waals surface area contributed by atoms with Crippen LogP contribution in [0.25, 0.3) is 0 Å². The highest BCUT2D eigenvalue weighted by atomic mass is 32.2. The molecule has 2 N–H and O–H groups in total. The SMILES string of the molecule is C=N[C@@H](CC=O)C(=C)N(CC)C1SC(C)=C(C)C1Cc1ccc(C#CCOCCOCCc2cc(CCC(=O)O)cc(NC(=O)OC(C)(C)C)c2)cc1. The maximum absolute atomic E-state index is 12.3. The normalized spacial score (nSPS) is 16.0. The molecule has 1 amide bonds. The van der Waals surface area contributed by atoms with Gasteiger partial charge in [-0.1, -0.05) is 42.2 Å². The Hall–Kier alpha value is -4.37. The van der Waals surface area contributed by atoms with Gasteiger partial charge in [0.05, 0.1) is 31.2 Å². The number of rotatable bonds is 20. The first-order valence-electron chi connectivity index (χ1n) is 18.0. The molecule has 0 aromatic heterocycles. The van der Waals surface area contributed by atoms with E-state index in [0.717, 1.165) is 41.6 Å². The second-order valence-electron chi connectivity index (χ2n) is 13.9. The predicted octanol–water partition coefficient (Wildman–Crippen LogP) is 7.70. The van der Waals surface area contributed by atoms with E-state index in [0.29, 0.717) is 44.3 Å². The number of carbonyl (C=O) groups excluding carboxylic acids is 2. The zero-order valence-electron chi connectivity index (χ0n) is 32.0. The van der Waals surface area contributed by atoms with Gasteiger partial charge < -0.3 is 29.0 Å². The van der Waals surface area contributed by atoms with E-state index in [1.54, 1.807) is 26.8 Å². The van der Waals surface area contributed by atoms with E-state index in [9.17, 15) is 14.4 Å². The van der Waals surface area contributed by atoms with Gasteiger partial charge >= 0.3 is 12.1 Å². The van der Waals surface area contributed by atoms with Crippen LogP contribution in [0.1, 0.15) is 76.6 Å². The minimum atomic E-state index is -0.883. The van der Waals surface area contributed by atoms with Gasteiger partial charge in [0.1, 0.15) is 18.5 Å². The van der Waals surface area contributed by atoms with Crippen molar-refractivity contribution >= 4 is 42.5 Å². The quantitative estimate of drug-likeness (QED) is 0.0607. The largest absolute Gasteiger partial charge is 0.481 e. The molecule has 0 saturated heterocycles. The minimum absolute atomic E-state index is 0.00875. The number of aryl methyl sites for hydroxylation is 1. The summed E-state index contributed by atoms with van der Waals surface area (Å²) in [5.74, 6) is 5.65. The van der Waals surface area contributed by atoms with Crippen molar-refractivity contribution in [1.29, 1.82) is 0 Å². The fraction of sp³-hybridized carbons (Fsp3) is 0.476. The summed E-state index contributed by atoms with van der Waals surface area (Å²) in [5.41, 5.74) is 5.98. The number of carbonyl (C=O) groups is 3. The van der Waals surface area contributed by atoms with Gasteiger partial charge in [-0.2, -0.15) is 0 Å². The molecule has 0 radical (unpaired) electrons. The molecule has 2 aromatic rings. The molecule has 1 aliphatic heterocycles. The third-order valence-electron chi connectivity index (χ3n) is 8.74. The molecule has 0 fully saturated rings. The van der Waals surface area contributed by atoms with Gasteiger partial charge in [-0.05, 0) is 113 Å². The van der Waals surface area contributed by atoms with Crippen LogP contribution in [0, 0.1) is 17.8 Å². The number of allylic oxidation sites excluding steroid dienone is 1. The molecule has 10 nitrogen and oxygen atoms in total. The summed E-state index contributed by atoms with van der Waals surface area (Å²) in [7, 11) is 0. The Kier molecular flexibility index (Phi) is 17.3. The van der Waals surface area contributed by atoms with Crippen molar-refractivity contribution in [2.24, 2.45) is 10.9 Å². The number of hydrogen-bond donors (Lipinski definition) is 2. The third-order valence-corrected chi connectivity index (χ3v) is 10.2. The highest BCUT2D eigenvalue weighted by Gasteiger charge is 2.37. The molecular formula is C42H55N3O7S. The maximum Gasteiger partial charge on any atom is 0.412 e. The van der Waals surface area contributed by atoms with Crippen LogP contribution in [0.3, 0.4) is 0 Å². The molecule has 0 aliphatic carbocycles. The predicted molar refractivity (Wildman–Crippen MR) is 213 cm³/mol. The van der Waals surface area contributed by atoms with Crippen LogP contribution in [0.5, 0.6) is 0 Å². The van der Waals surface area contributed by atoms with Crippen LogP contribution in [0.4, 0.5) is 10.5 Å². The summed E-state index contributed by atoms with van der Waals surface area (Å²) >= 11 is 1.85. The summed E-state index contributed by atoms with van der Waals surface area (Å²) in [4.78, 5) is 42.4. The van der Waals surface area contributed by atoms with Crippen LogP contribution >= 0.6 is 11.8 Å². The molecule has 3 atom stereocenters. The highest BCUT2D eigenvalue weighted by Crippen LogP contribution is 2.46. The fourth-order valence-corrected chi connectivity index (χ4v) is 7.53. The molecule has 0 bridgehead atoms. The lowest BCUT2D eigenvalue weighted by molar-refractivity contribution is -0.137. The van der Waals surface area contributed by atoms with Gasteiger partial charge in [-0.3, -0.25) is 15.1 Å². The van der Waals surface area contributed by atoms with E-state index < -0.39 is 17.7 Å². The summed E-state index contributed by atoms with van der Waals surface area (Å²) in [6.45, 7) is 22.1. The zero-order valence-corrected chi connectivity index (χ0v) is 32.9. The highest BCUT2D eigenvalue weighted by molar-refractivity contribution is 8.03. The van der Waals surface area contributed by atoms with Gasteiger partial charge in [0.15, 0.2) is 0 Å². The minimum Gasteiger partial charge on any atom is -0.481 e. The molecule has 53 heavy (non-hydrogen) atoms. The second-order valence-corrected chi connectivity index (χ2v) is 15.2. The number of amides is 1. The lowest BCUT2D eigenvalue weighted by atomic mass is 9.91. The summed E-state index contributed by atoms with van der Waals surface area (Å²) in [6.07, 6.45) is 2.38. The Morgan fingerprint density at radius 1 is 1.06 bits per heavy atom. The summed E-state index contributed by atoms with van der Waals surface area (Å²) in [6, 6.07) is 13.6. The van der Waals surface area contributed by atoms with E-state index >= 15 is 0 Å². The molecule has 1 heterocycles. The van der Waals surface area contributed by atoms with E-state index in [1.807, 2.05) is 36.0 Å². The van der Waals surface area contributed by atoms with Crippen molar-refractivity contribution in [3.8, 4) is 11.8 Å². The van der Waals surface area contributed by atoms with Crippen LogP contribution in [-0.4, -0.2) is 85.1 Å². The number of thioether (sulfide) groups is 1. The van der Waals surface area contributed by atoms with Crippen LogP contribution in [0.2, 0.25) is 0 Å². The van der Waals surface area contributed by atoms with E-state index in [4.69, 9.17) is 19.3 Å². The van der Waals surface area contributed by atoms with Gasteiger partial charge in [0.2, 0.25) is 0 Å². The van der Waals surface area contributed by atoms with Crippen molar-refractivity contribution in [3.05, 3.63) is 87.5 Å². The number of aliphatic imine (C=N–C) groups is 1. The molecule has 11 heteroatoms. The number of carboxylic acids is 1. The van der Waals surface area contributed by atoms with Crippen molar-refractivity contribution in [3.63, 3.8) is 0 Å². The Morgan fingerprint density at radius 3 is 2.36 bits per heavy atom. The zero-order chi connectivity index (χ0) is 39.0. The van der Waals surface area contributed by atoms with Gasteiger partial charge in [0.25, 0.3) is 0 Å². The Labute approximate surface area is 319 Å². The molecular weight excluding hydrogens is 691 g/mol. The standard InChI is InChI=1S/C42H55N3O7S/c1-9-45(30(3)38(43-8)18-20-46)40-37(29(2)31(4)53-40)28-33-14-12-32(13-15-33)11-10-21-50-23-24-51-22-19-35-25-34(16-17-39(47)48)26-36(27-35)44-41(49)52-42(5,6)7/h12-15,20,25-27,37-38,40H,3,8-9,16-19,21-24,28H2,1-2,4-7H3,(H,44,49)(H,47,48)/t37?,38-,40?/m0/s1. The number of likely N-dealkylation sites (N-methyl/N-ethyl adjacent to an activating group) is 1. The number of anilines is 1. The lowest BCUT2D eigenvalue weighted by Gasteiger charge is -2.37. The summed E-state index contributed by atoms with van der Waals surface area (Å²) in [5, 5.41) is 12.0. The average Bonchev–Trinajstić information content (AvgIpc) is 3.37. The number of nitrogens with one attached hydrogen (secondary N) is 1. The number of carboxylic acid groups (broad SMARTS) is 1. The topological polar surface area (TPSA) is 127 Å². The molecule has 0 saturated carbocycles. The molecule has 3 rings (SSSR count). The van der Waals surface area contributed by atoms with Crippen molar-refractivity contribution < 1.29 is 33.7 Å². The molecule has 1 aliphatic rings. The molecule has 2 aromatic carbocycles. The van der Waals surface area contributed by atoms with Gasteiger partial charge in [-0.15, -0.1) is 11.8 Å². The first-order chi connectivity index (χ1) is 25.2. The monoisotopic (exact) mass is 745 g/mol. The number of ether oxygens (including phenoxy) is 3. The number of nitrogens with zero attached hydrogens (tertiary/aromatic N) is 2. The Bertz CT molecular complexity index is 1670. The van der Waals surface area contributed by atoms with E-state index in [-0.39, 0.29) is 30.9 Å². The average molecular weight is 746 g/mol. The van der Waals surface area contributed by atoms with E-state index in [2.05, 4.69) is 73.3 Å². The van der Waals surface area contributed by atoms with Gasteiger partial charge in [-0.25, -0.2) is 4.79 Å². The van der Waals surface area contributed by atoms with Crippen LogP contribution in [-0.2, 0) is 43.1 Å². The first kappa shape index (κ1) is 43.0. The molecule has 2 unspecified atom stereocenters. The molecule has 286 valence electrons. The molecule has 0 spiro atoms. The second kappa shape index (κ2) is 21.4. The van der Waals surface area contributed by atoms with Crippen molar-refractivity contribution in [2.75, 3.05) is 38.3 Å². The Balaban J connectivity index is 1.46. The van der Waals surface area contributed by atoms with Crippen molar-refractivity contribution in [2.45, 2.75) is 90.7 Å². The van der Waals surface area contributed by atoms with Crippen LogP contribution in [0.15, 0.2) is 70.2 Å². The van der Waals surface area contributed by atoms with E-state index in [1.165, 1.54) is 16.0 Å². The Morgan fingerprint density at radius 2 is 1.74 bits per heavy atom. The number of aldehydes is 1. The maximum atomic E-state index is 12.3. The summed E-state index contributed by atoms with van der Waals surface area (Å²) < 4.78 is 16.8. The third kappa shape index (κ3) is 14.5. The fourth-order valence-electron chi connectivity index (χ4n) is 5.96. The van der Waals surface area contributed by atoms with Gasteiger partial charge in [0, 0.05) is 42.3 Å². The smallest absolute Gasteiger partial charge is 0.412 e. The van der Waals surface area contributed by atoms with Crippen LogP contribution < -0.4 is 5.32 Å².